The molecule has 1 aromatic heterocycles. The zero-order valence-corrected chi connectivity index (χ0v) is 9.96. The van der Waals surface area contributed by atoms with Crippen molar-refractivity contribution in [3.63, 3.8) is 0 Å². The molecule has 6 heteroatoms. The van der Waals surface area contributed by atoms with Gasteiger partial charge in [0.2, 0.25) is 0 Å². The van der Waals surface area contributed by atoms with Crippen molar-refractivity contribution >= 4 is 11.6 Å². The topological polar surface area (TPSA) is 70.5 Å². The van der Waals surface area contributed by atoms with E-state index in [9.17, 15) is 0 Å². The van der Waals surface area contributed by atoms with Crippen molar-refractivity contribution in [3.8, 4) is 0 Å². The molecule has 0 aliphatic carbocycles. The maximum atomic E-state index is 9.09. The minimum Gasteiger partial charge on any atom is -0.394 e. The number of nitrogens with one attached hydrogen (secondary N) is 1. The summed E-state index contributed by atoms with van der Waals surface area (Å²) in [6, 6.07) is 0. The number of nitrogens with zero attached hydrogens (tertiary/aromatic N) is 3. The SMILES string of the molecule is CCNc1cncc(N2CCOC(CO)C2)n1. The average molecular weight is 238 g/mol. The van der Waals surface area contributed by atoms with E-state index in [1.54, 1.807) is 12.4 Å². The molecular formula is C11H18N4O2. The van der Waals surface area contributed by atoms with Gasteiger partial charge in [-0.05, 0) is 6.92 Å². The molecule has 0 bridgehead atoms. The standard InChI is InChI=1S/C11H18N4O2/c1-2-13-10-5-12-6-11(14-10)15-3-4-17-9(7-15)8-16/h5-6,9,16H,2-4,7-8H2,1H3,(H,13,14). The van der Waals surface area contributed by atoms with Crippen LogP contribution in [0.4, 0.5) is 11.6 Å². The predicted octanol–water partition coefficient (Wildman–Crippen LogP) is 0.106. The van der Waals surface area contributed by atoms with Gasteiger partial charge in [-0.25, -0.2) is 4.98 Å². The summed E-state index contributed by atoms with van der Waals surface area (Å²) in [4.78, 5) is 10.7. The van der Waals surface area contributed by atoms with Gasteiger partial charge in [-0.15, -0.1) is 0 Å². The molecule has 0 radical (unpaired) electrons. The maximum absolute atomic E-state index is 9.09. The molecule has 1 aromatic rings. The van der Waals surface area contributed by atoms with Crippen molar-refractivity contribution in [1.29, 1.82) is 0 Å². The molecule has 2 rings (SSSR count). The van der Waals surface area contributed by atoms with Gasteiger partial charge in [-0.2, -0.15) is 0 Å². The molecular weight excluding hydrogens is 220 g/mol. The first-order chi connectivity index (χ1) is 8.33. The Morgan fingerprint density at radius 1 is 1.59 bits per heavy atom. The Morgan fingerprint density at radius 2 is 2.47 bits per heavy atom. The lowest BCUT2D eigenvalue weighted by Crippen LogP contribution is -2.44. The van der Waals surface area contributed by atoms with Gasteiger partial charge < -0.3 is 20.1 Å². The molecule has 1 unspecified atom stereocenters. The van der Waals surface area contributed by atoms with Crippen molar-refractivity contribution in [2.75, 3.05) is 43.1 Å². The lowest BCUT2D eigenvalue weighted by molar-refractivity contribution is 0.00335. The second-order valence-electron chi connectivity index (χ2n) is 3.91. The molecule has 1 aliphatic rings. The Bertz CT molecular complexity index is 361. The summed E-state index contributed by atoms with van der Waals surface area (Å²) in [6.45, 7) is 4.92. The van der Waals surface area contributed by atoms with Gasteiger partial charge in [0.05, 0.1) is 31.7 Å². The van der Waals surface area contributed by atoms with Crippen molar-refractivity contribution in [3.05, 3.63) is 12.4 Å². The summed E-state index contributed by atoms with van der Waals surface area (Å²) in [6.07, 6.45) is 3.31. The normalized spacial score (nSPS) is 20.4. The van der Waals surface area contributed by atoms with E-state index in [1.807, 2.05) is 6.92 Å². The summed E-state index contributed by atoms with van der Waals surface area (Å²) in [5.41, 5.74) is 0. The molecule has 0 saturated carbocycles. The maximum Gasteiger partial charge on any atom is 0.149 e. The number of morpholine rings is 1. The van der Waals surface area contributed by atoms with Crippen molar-refractivity contribution in [2.45, 2.75) is 13.0 Å². The molecule has 94 valence electrons. The molecule has 1 fully saturated rings. The predicted molar refractivity (Wildman–Crippen MR) is 65.2 cm³/mol. The Hall–Kier alpha value is -1.40. The van der Waals surface area contributed by atoms with E-state index in [-0.39, 0.29) is 12.7 Å². The highest BCUT2D eigenvalue weighted by Gasteiger charge is 2.21. The molecule has 1 saturated heterocycles. The summed E-state index contributed by atoms with van der Waals surface area (Å²) in [5.74, 6) is 1.60. The van der Waals surface area contributed by atoms with Crippen LogP contribution in [0.1, 0.15) is 6.92 Å². The lowest BCUT2D eigenvalue weighted by atomic mass is 10.3. The van der Waals surface area contributed by atoms with Crippen LogP contribution in [-0.4, -0.2) is 54.0 Å². The fraction of sp³-hybridized carbons (Fsp3) is 0.636. The van der Waals surface area contributed by atoms with Gasteiger partial charge in [0, 0.05) is 19.6 Å². The molecule has 6 nitrogen and oxygen atoms in total. The zero-order valence-electron chi connectivity index (χ0n) is 9.96. The number of anilines is 2. The molecule has 1 atom stereocenters. The summed E-state index contributed by atoms with van der Waals surface area (Å²) in [5, 5.41) is 12.2. The van der Waals surface area contributed by atoms with Gasteiger partial charge in [0.1, 0.15) is 11.6 Å². The molecule has 2 heterocycles. The number of ether oxygens (including phenoxy) is 1. The smallest absolute Gasteiger partial charge is 0.149 e. The van der Waals surface area contributed by atoms with E-state index in [4.69, 9.17) is 9.84 Å². The van der Waals surface area contributed by atoms with Crippen LogP contribution in [0.3, 0.4) is 0 Å². The molecule has 1 aliphatic heterocycles. The quantitative estimate of drug-likeness (QED) is 0.775. The first-order valence-electron chi connectivity index (χ1n) is 5.86. The highest BCUT2D eigenvalue weighted by atomic mass is 16.5. The number of aromatic nitrogens is 2. The first-order valence-corrected chi connectivity index (χ1v) is 5.86. The van der Waals surface area contributed by atoms with Crippen LogP contribution < -0.4 is 10.2 Å². The third-order valence-electron chi connectivity index (χ3n) is 2.65. The van der Waals surface area contributed by atoms with Crippen LogP contribution in [0.5, 0.6) is 0 Å². The van der Waals surface area contributed by atoms with Crippen LogP contribution >= 0.6 is 0 Å². The molecule has 0 spiro atoms. The van der Waals surface area contributed by atoms with Gasteiger partial charge in [-0.1, -0.05) is 0 Å². The van der Waals surface area contributed by atoms with E-state index in [0.717, 1.165) is 24.7 Å². The van der Waals surface area contributed by atoms with E-state index in [0.29, 0.717) is 13.2 Å². The minimum absolute atomic E-state index is 0.0385. The van der Waals surface area contributed by atoms with Gasteiger partial charge >= 0.3 is 0 Å². The fourth-order valence-corrected chi connectivity index (χ4v) is 1.81. The number of aliphatic hydroxyl groups excluding tert-OH is 1. The number of hydrogen-bond donors (Lipinski definition) is 2. The zero-order chi connectivity index (χ0) is 12.1. The van der Waals surface area contributed by atoms with E-state index in [1.165, 1.54) is 0 Å². The fourth-order valence-electron chi connectivity index (χ4n) is 1.81. The van der Waals surface area contributed by atoms with Crippen molar-refractivity contribution < 1.29 is 9.84 Å². The highest BCUT2D eigenvalue weighted by molar-refractivity contribution is 5.44. The number of hydrogen-bond acceptors (Lipinski definition) is 6. The third-order valence-corrected chi connectivity index (χ3v) is 2.65. The van der Waals surface area contributed by atoms with Crippen LogP contribution in [0.2, 0.25) is 0 Å². The molecule has 2 N–H and O–H groups in total. The second-order valence-corrected chi connectivity index (χ2v) is 3.91. The number of aliphatic hydroxyl groups is 1. The summed E-state index contributed by atoms with van der Waals surface area (Å²) in [7, 11) is 0. The minimum atomic E-state index is -0.131. The van der Waals surface area contributed by atoms with Gasteiger partial charge in [0.25, 0.3) is 0 Å². The second kappa shape index (κ2) is 5.79. The van der Waals surface area contributed by atoms with E-state index in [2.05, 4.69) is 20.2 Å². The third kappa shape index (κ3) is 3.04. The van der Waals surface area contributed by atoms with E-state index >= 15 is 0 Å². The molecule has 17 heavy (non-hydrogen) atoms. The highest BCUT2D eigenvalue weighted by Crippen LogP contribution is 2.15. The Kier molecular flexibility index (Phi) is 4.11. The van der Waals surface area contributed by atoms with Crippen LogP contribution in [0, 0.1) is 0 Å². The van der Waals surface area contributed by atoms with Crippen LogP contribution in [0.25, 0.3) is 0 Å². The van der Waals surface area contributed by atoms with Crippen molar-refractivity contribution in [1.82, 2.24) is 9.97 Å². The first kappa shape index (κ1) is 12.1. The summed E-state index contributed by atoms with van der Waals surface area (Å²) >= 11 is 0. The number of rotatable bonds is 4. The van der Waals surface area contributed by atoms with Crippen LogP contribution in [0.15, 0.2) is 12.4 Å². The largest absolute Gasteiger partial charge is 0.394 e. The van der Waals surface area contributed by atoms with Gasteiger partial charge in [0.15, 0.2) is 0 Å². The van der Waals surface area contributed by atoms with Crippen LogP contribution in [-0.2, 0) is 4.74 Å². The lowest BCUT2D eigenvalue weighted by Gasteiger charge is -2.32. The Morgan fingerprint density at radius 3 is 3.24 bits per heavy atom. The van der Waals surface area contributed by atoms with E-state index < -0.39 is 0 Å². The molecule has 0 amide bonds. The van der Waals surface area contributed by atoms with Gasteiger partial charge in [-0.3, -0.25) is 4.98 Å². The summed E-state index contributed by atoms with van der Waals surface area (Å²) < 4.78 is 5.40. The Balaban J connectivity index is 2.07. The molecule has 0 aromatic carbocycles. The van der Waals surface area contributed by atoms with Crippen molar-refractivity contribution in [2.24, 2.45) is 0 Å². The monoisotopic (exact) mass is 238 g/mol. The average Bonchev–Trinajstić information content (AvgIpc) is 2.40. The Labute approximate surface area is 101 Å².